The maximum Gasteiger partial charge on any atom is 0.317 e. The minimum absolute atomic E-state index is 0.170. The molecule has 0 aliphatic carbocycles. The molecule has 2 heterocycles. The molecule has 8 heteroatoms. The van der Waals surface area contributed by atoms with Crippen LogP contribution in [-0.4, -0.2) is 49.2 Å². The number of nitrogens with one attached hydrogen (secondary N) is 1. The maximum absolute atomic E-state index is 13.9. The molecule has 0 bridgehead atoms. The van der Waals surface area contributed by atoms with E-state index in [0.29, 0.717) is 42.6 Å². The molecule has 0 saturated carbocycles. The van der Waals surface area contributed by atoms with Crippen molar-refractivity contribution in [1.82, 2.24) is 15.2 Å². The van der Waals surface area contributed by atoms with Gasteiger partial charge in [-0.2, -0.15) is 0 Å². The minimum Gasteiger partial charge on any atom is -0.495 e. The summed E-state index contributed by atoms with van der Waals surface area (Å²) >= 11 is 6.34. The molecule has 27 heavy (non-hydrogen) atoms. The van der Waals surface area contributed by atoms with E-state index in [1.807, 2.05) is 24.0 Å². The number of carbonyl (C=O) groups is 1. The number of urea groups is 1. The van der Waals surface area contributed by atoms with Crippen molar-refractivity contribution in [3.63, 3.8) is 0 Å². The second kappa shape index (κ2) is 8.43. The van der Waals surface area contributed by atoms with Crippen LogP contribution in [0.3, 0.4) is 0 Å². The predicted molar refractivity (Wildman–Crippen MR) is 103 cm³/mol. The van der Waals surface area contributed by atoms with Crippen LogP contribution in [0.15, 0.2) is 36.7 Å². The summed E-state index contributed by atoms with van der Waals surface area (Å²) in [4.78, 5) is 20.0. The van der Waals surface area contributed by atoms with Crippen molar-refractivity contribution in [3.8, 4) is 5.75 Å². The van der Waals surface area contributed by atoms with Crippen molar-refractivity contribution >= 4 is 23.3 Å². The van der Waals surface area contributed by atoms with Gasteiger partial charge in [-0.25, -0.2) is 9.18 Å². The molecule has 0 unspecified atom stereocenters. The van der Waals surface area contributed by atoms with Crippen LogP contribution in [0.4, 0.5) is 14.9 Å². The van der Waals surface area contributed by atoms with Gasteiger partial charge in [-0.05, 0) is 24.6 Å². The Hall–Kier alpha value is -2.54. The molecule has 1 aromatic heterocycles. The predicted octanol–water partition coefficient (Wildman–Crippen LogP) is 3.48. The summed E-state index contributed by atoms with van der Waals surface area (Å²) in [5.74, 6) is 0.222. The largest absolute Gasteiger partial charge is 0.495 e. The average Bonchev–Trinajstić information content (AvgIpc) is 2.68. The topological polar surface area (TPSA) is 57.7 Å². The summed E-state index contributed by atoms with van der Waals surface area (Å²) < 4.78 is 19.1. The number of halogens is 2. The number of ether oxygens (including phenoxy) is 1. The Labute approximate surface area is 162 Å². The van der Waals surface area contributed by atoms with Gasteiger partial charge in [-0.1, -0.05) is 23.7 Å². The standard InChI is InChI=1S/C19H22ClFN4O2/c1-13(14-4-3-5-17(27-2)18(14)20)23-19(26)25-10-8-24(9-11-25)16-6-7-22-12-15(16)21/h3-7,12-13H,8-11H2,1-2H3,(H,23,26)/t13-/m0/s1. The van der Waals surface area contributed by atoms with E-state index in [1.165, 1.54) is 6.20 Å². The summed E-state index contributed by atoms with van der Waals surface area (Å²) in [6.07, 6.45) is 2.77. The number of carbonyl (C=O) groups excluding carboxylic acids is 1. The summed E-state index contributed by atoms with van der Waals surface area (Å²) in [7, 11) is 1.55. The molecule has 1 N–H and O–H groups in total. The van der Waals surface area contributed by atoms with E-state index in [-0.39, 0.29) is 17.9 Å². The van der Waals surface area contributed by atoms with Gasteiger partial charge in [0.05, 0.1) is 30.1 Å². The molecule has 3 rings (SSSR count). The van der Waals surface area contributed by atoms with Gasteiger partial charge in [-0.3, -0.25) is 4.98 Å². The fourth-order valence-corrected chi connectivity index (χ4v) is 3.52. The second-order valence-electron chi connectivity index (χ2n) is 6.34. The summed E-state index contributed by atoms with van der Waals surface area (Å²) in [6.45, 7) is 4.00. The fraction of sp³-hybridized carbons (Fsp3) is 0.368. The maximum atomic E-state index is 13.9. The fourth-order valence-electron chi connectivity index (χ4n) is 3.15. The SMILES string of the molecule is COc1cccc([C@H](C)NC(=O)N2CCN(c3ccncc3F)CC2)c1Cl. The third kappa shape index (κ3) is 4.24. The first-order chi connectivity index (χ1) is 13.0. The van der Waals surface area contributed by atoms with Gasteiger partial charge >= 0.3 is 6.03 Å². The lowest BCUT2D eigenvalue weighted by Gasteiger charge is -2.36. The van der Waals surface area contributed by atoms with Gasteiger partial charge in [0.1, 0.15) is 5.75 Å². The van der Waals surface area contributed by atoms with E-state index in [0.717, 1.165) is 5.56 Å². The third-order valence-electron chi connectivity index (χ3n) is 4.68. The van der Waals surface area contributed by atoms with Crippen molar-refractivity contribution in [3.05, 3.63) is 53.1 Å². The highest BCUT2D eigenvalue weighted by Crippen LogP contribution is 2.31. The number of methoxy groups -OCH3 is 1. The molecule has 0 spiro atoms. The molecular weight excluding hydrogens is 371 g/mol. The van der Waals surface area contributed by atoms with Crippen molar-refractivity contribution < 1.29 is 13.9 Å². The molecule has 1 aliphatic heterocycles. The highest BCUT2D eigenvalue weighted by atomic mass is 35.5. The molecule has 1 aromatic carbocycles. The number of piperazine rings is 1. The van der Waals surface area contributed by atoms with Crippen LogP contribution >= 0.6 is 11.6 Å². The normalized spacial score (nSPS) is 15.4. The van der Waals surface area contributed by atoms with Gasteiger partial charge in [0, 0.05) is 32.4 Å². The number of benzene rings is 1. The zero-order valence-electron chi connectivity index (χ0n) is 15.3. The van der Waals surface area contributed by atoms with Crippen LogP contribution in [0.1, 0.15) is 18.5 Å². The number of hydrogen-bond donors (Lipinski definition) is 1. The van der Waals surface area contributed by atoms with Crippen LogP contribution in [-0.2, 0) is 0 Å². The van der Waals surface area contributed by atoms with Crippen LogP contribution in [0, 0.1) is 5.82 Å². The molecular formula is C19H22ClFN4O2. The first kappa shape index (κ1) is 19.2. The number of pyridine rings is 1. The number of hydrogen-bond acceptors (Lipinski definition) is 4. The first-order valence-electron chi connectivity index (χ1n) is 8.73. The Bertz CT molecular complexity index is 812. The van der Waals surface area contributed by atoms with Crippen LogP contribution < -0.4 is 15.0 Å². The molecule has 6 nitrogen and oxygen atoms in total. The second-order valence-corrected chi connectivity index (χ2v) is 6.71. The Balaban J connectivity index is 1.59. The number of nitrogens with zero attached hydrogens (tertiary/aromatic N) is 3. The Kier molecular flexibility index (Phi) is 6.01. The molecule has 1 fully saturated rings. The van der Waals surface area contributed by atoms with Crippen LogP contribution in [0.5, 0.6) is 5.75 Å². The van der Waals surface area contributed by atoms with E-state index in [9.17, 15) is 9.18 Å². The van der Waals surface area contributed by atoms with Crippen molar-refractivity contribution in [1.29, 1.82) is 0 Å². The quantitative estimate of drug-likeness (QED) is 0.865. The molecule has 1 aliphatic rings. The van der Waals surface area contributed by atoms with E-state index >= 15 is 0 Å². The molecule has 2 amide bonds. The molecule has 1 atom stereocenters. The van der Waals surface area contributed by atoms with Gasteiger partial charge in [0.2, 0.25) is 0 Å². The zero-order chi connectivity index (χ0) is 19.4. The molecule has 1 saturated heterocycles. The van der Waals surface area contributed by atoms with Crippen molar-refractivity contribution in [2.75, 3.05) is 38.2 Å². The number of anilines is 1. The highest BCUT2D eigenvalue weighted by Gasteiger charge is 2.24. The minimum atomic E-state index is -0.350. The summed E-state index contributed by atoms with van der Waals surface area (Å²) in [6, 6.07) is 6.69. The summed E-state index contributed by atoms with van der Waals surface area (Å²) in [5.41, 5.74) is 1.31. The zero-order valence-corrected chi connectivity index (χ0v) is 16.0. The van der Waals surface area contributed by atoms with Gasteiger partial charge in [-0.15, -0.1) is 0 Å². The van der Waals surface area contributed by atoms with Crippen molar-refractivity contribution in [2.45, 2.75) is 13.0 Å². The molecule has 144 valence electrons. The Morgan fingerprint density at radius 2 is 2.04 bits per heavy atom. The lowest BCUT2D eigenvalue weighted by Crippen LogP contribution is -2.52. The van der Waals surface area contributed by atoms with Gasteiger partial charge in [0.25, 0.3) is 0 Å². The summed E-state index contributed by atoms with van der Waals surface area (Å²) in [5, 5.41) is 3.46. The average molecular weight is 393 g/mol. The Morgan fingerprint density at radius 3 is 2.70 bits per heavy atom. The van der Waals surface area contributed by atoms with E-state index < -0.39 is 0 Å². The third-order valence-corrected chi connectivity index (χ3v) is 5.08. The monoisotopic (exact) mass is 392 g/mol. The smallest absolute Gasteiger partial charge is 0.317 e. The Morgan fingerprint density at radius 1 is 1.30 bits per heavy atom. The van der Waals surface area contributed by atoms with E-state index in [4.69, 9.17) is 16.3 Å². The lowest BCUT2D eigenvalue weighted by molar-refractivity contribution is 0.191. The van der Waals surface area contributed by atoms with Gasteiger partial charge < -0.3 is 19.9 Å². The van der Waals surface area contributed by atoms with Crippen molar-refractivity contribution in [2.24, 2.45) is 0 Å². The number of amides is 2. The lowest BCUT2D eigenvalue weighted by atomic mass is 10.1. The van der Waals surface area contributed by atoms with Crippen LogP contribution in [0.2, 0.25) is 5.02 Å². The highest BCUT2D eigenvalue weighted by molar-refractivity contribution is 6.32. The molecule has 2 aromatic rings. The van der Waals surface area contributed by atoms with Crippen LogP contribution in [0.25, 0.3) is 0 Å². The van der Waals surface area contributed by atoms with E-state index in [2.05, 4.69) is 10.3 Å². The number of aromatic nitrogens is 1. The molecule has 0 radical (unpaired) electrons. The number of rotatable bonds is 4. The van der Waals surface area contributed by atoms with Gasteiger partial charge in [0.15, 0.2) is 5.82 Å². The first-order valence-corrected chi connectivity index (χ1v) is 9.11. The van der Waals surface area contributed by atoms with E-state index in [1.54, 1.807) is 30.3 Å².